The number of anilines is 1. The first-order valence-electron chi connectivity index (χ1n) is 6.66. The van der Waals surface area contributed by atoms with Gasteiger partial charge in [0.15, 0.2) is 0 Å². The zero-order valence-electron chi connectivity index (χ0n) is 11.6. The monoisotopic (exact) mass is 280 g/mol. The molecule has 2 aliphatic heterocycles. The van der Waals surface area contributed by atoms with Crippen molar-refractivity contribution in [2.45, 2.75) is 25.3 Å². The van der Waals surface area contributed by atoms with Gasteiger partial charge >= 0.3 is 0 Å². The Bertz CT molecular complexity index is 612. The van der Waals surface area contributed by atoms with Gasteiger partial charge in [-0.05, 0) is 38.6 Å². The molecule has 2 unspecified atom stereocenters. The lowest BCUT2D eigenvalue weighted by Gasteiger charge is -2.36. The van der Waals surface area contributed by atoms with Crippen LogP contribution in [0.2, 0.25) is 0 Å². The molecule has 2 heterocycles. The number of nitrogens with zero attached hydrogens (tertiary/aromatic N) is 2. The first-order chi connectivity index (χ1) is 8.88. The molecule has 1 fully saturated rings. The zero-order valence-corrected chi connectivity index (χ0v) is 12.4. The van der Waals surface area contributed by atoms with Gasteiger partial charge in [0, 0.05) is 12.5 Å². The number of benzene rings is 1. The molecule has 2 atom stereocenters. The SMILES string of the molecule is Cc1ccc2c(c1)C1CN(C)CCC1N2S(C)(=O)=O. The summed E-state index contributed by atoms with van der Waals surface area (Å²) in [5, 5.41) is 0. The van der Waals surface area contributed by atoms with Gasteiger partial charge in [-0.25, -0.2) is 8.42 Å². The fraction of sp³-hybridized carbons (Fsp3) is 0.571. The Morgan fingerprint density at radius 2 is 2.05 bits per heavy atom. The van der Waals surface area contributed by atoms with Crippen LogP contribution in [0.5, 0.6) is 0 Å². The highest BCUT2D eigenvalue weighted by molar-refractivity contribution is 7.92. The number of sulfonamides is 1. The Hall–Kier alpha value is -1.07. The van der Waals surface area contributed by atoms with E-state index < -0.39 is 10.0 Å². The number of likely N-dealkylation sites (tertiary alicyclic amines) is 1. The molecule has 104 valence electrons. The summed E-state index contributed by atoms with van der Waals surface area (Å²) < 4.78 is 25.9. The van der Waals surface area contributed by atoms with Gasteiger partial charge in [0.25, 0.3) is 0 Å². The minimum Gasteiger partial charge on any atom is -0.306 e. The van der Waals surface area contributed by atoms with Crippen molar-refractivity contribution in [3.8, 4) is 0 Å². The Morgan fingerprint density at radius 3 is 2.74 bits per heavy atom. The van der Waals surface area contributed by atoms with E-state index in [0.717, 1.165) is 25.2 Å². The lowest BCUT2D eigenvalue weighted by molar-refractivity contribution is 0.237. The molecule has 0 aromatic heterocycles. The Kier molecular flexibility index (Phi) is 2.87. The van der Waals surface area contributed by atoms with Crippen LogP contribution in [0.3, 0.4) is 0 Å². The van der Waals surface area contributed by atoms with Crippen molar-refractivity contribution in [2.24, 2.45) is 0 Å². The fourth-order valence-corrected chi connectivity index (χ4v) is 4.73. The van der Waals surface area contributed by atoms with Crippen molar-refractivity contribution < 1.29 is 8.42 Å². The van der Waals surface area contributed by atoms with E-state index in [1.807, 2.05) is 12.1 Å². The maximum atomic E-state index is 12.1. The second kappa shape index (κ2) is 4.21. The van der Waals surface area contributed by atoms with Crippen LogP contribution in [0, 0.1) is 6.92 Å². The highest BCUT2D eigenvalue weighted by Gasteiger charge is 2.44. The van der Waals surface area contributed by atoms with E-state index in [-0.39, 0.29) is 6.04 Å². The van der Waals surface area contributed by atoms with E-state index in [9.17, 15) is 8.42 Å². The predicted molar refractivity (Wildman–Crippen MR) is 77.1 cm³/mol. The van der Waals surface area contributed by atoms with Crippen LogP contribution in [0.15, 0.2) is 18.2 Å². The third-order valence-electron chi connectivity index (χ3n) is 4.26. The van der Waals surface area contributed by atoms with Crippen LogP contribution in [-0.4, -0.2) is 45.8 Å². The topological polar surface area (TPSA) is 40.6 Å². The number of piperidine rings is 1. The van der Waals surface area contributed by atoms with Gasteiger partial charge in [0.2, 0.25) is 10.0 Å². The van der Waals surface area contributed by atoms with Gasteiger partial charge in [-0.15, -0.1) is 0 Å². The number of fused-ring (bicyclic) bond motifs is 3. The van der Waals surface area contributed by atoms with Crippen LogP contribution in [-0.2, 0) is 10.0 Å². The van der Waals surface area contributed by atoms with Gasteiger partial charge in [-0.1, -0.05) is 17.7 Å². The molecule has 19 heavy (non-hydrogen) atoms. The van der Waals surface area contributed by atoms with Crippen molar-refractivity contribution in [1.29, 1.82) is 0 Å². The maximum absolute atomic E-state index is 12.1. The van der Waals surface area contributed by atoms with Gasteiger partial charge < -0.3 is 4.90 Å². The molecule has 0 radical (unpaired) electrons. The third kappa shape index (κ3) is 2.05. The molecule has 1 saturated heterocycles. The highest BCUT2D eigenvalue weighted by Crippen LogP contribution is 2.45. The van der Waals surface area contributed by atoms with Gasteiger partial charge in [0.05, 0.1) is 18.0 Å². The van der Waals surface area contributed by atoms with Crippen molar-refractivity contribution in [3.63, 3.8) is 0 Å². The Morgan fingerprint density at radius 1 is 1.32 bits per heavy atom. The molecular weight excluding hydrogens is 260 g/mol. The molecule has 2 aliphatic rings. The summed E-state index contributed by atoms with van der Waals surface area (Å²) >= 11 is 0. The van der Waals surface area contributed by atoms with E-state index in [0.29, 0.717) is 5.92 Å². The number of rotatable bonds is 1. The molecule has 0 amide bonds. The van der Waals surface area contributed by atoms with Crippen molar-refractivity contribution in [1.82, 2.24) is 4.90 Å². The first-order valence-corrected chi connectivity index (χ1v) is 8.51. The largest absolute Gasteiger partial charge is 0.306 e. The number of hydrogen-bond acceptors (Lipinski definition) is 3. The Labute approximate surface area is 115 Å². The van der Waals surface area contributed by atoms with Crippen LogP contribution in [0.4, 0.5) is 5.69 Å². The lowest BCUT2D eigenvalue weighted by Crippen LogP contribution is -2.46. The normalized spacial score (nSPS) is 27.2. The first kappa shape index (κ1) is 12.9. The Balaban J connectivity index is 2.15. The van der Waals surface area contributed by atoms with Gasteiger partial charge in [-0.3, -0.25) is 4.31 Å². The summed E-state index contributed by atoms with van der Waals surface area (Å²) in [4.78, 5) is 2.29. The molecule has 1 aromatic rings. The number of likely N-dealkylation sites (N-methyl/N-ethyl adjacent to an activating group) is 1. The average molecular weight is 280 g/mol. The second-order valence-electron chi connectivity index (χ2n) is 5.85. The smallest absolute Gasteiger partial charge is 0.232 e. The molecule has 0 saturated carbocycles. The molecular formula is C14H20N2O2S. The molecule has 4 nitrogen and oxygen atoms in total. The molecule has 0 spiro atoms. The van der Waals surface area contributed by atoms with Crippen LogP contribution in [0.25, 0.3) is 0 Å². The van der Waals surface area contributed by atoms with Crippen molar-refractivity contribution in [2.75, 3.05) is 30.7 Å². The second-order valence-corrected chi connectivity index (χ2v) is 7.71. The minimum atomic E-state index is -3.20. The molecule has 3 rings (SSSR count). The summed E-state index contributed by atoms with van der Waals surface area (Å²) in [7, 11) is -1.10. The standard InChI is InChI=1S/C14H20N2O2S/c1-10-4-5-13-11(8-10)12-9-15(2)7-6-14(12)16(13)19(3,17)18/h4-5,8,12,14H,6-7,9H2,1-3H3. The lowest BCUT2D eigenvalue weighted by atomic mass is 9.89. The van der Waals surface area contributed by atoms with Crippen LogP contribution in [0.1, 0.15) is 23.5 Å². The quantitative estimate of drug-likeness (QED) is 0.784. The predicted octanol–water partition coefficient (Wildman–Crippen LogP) is 1.56. The van der Waals surface area contributed by atoms with E-state index >= 15 is 0 Å². The highest BCUT2D eigenvalue weighted by atomic mass is 32.2. The molecule has 1 aromatic carbocycles. The summed E-state index contributed by atoms with van der Waals surface area (Å²) in [6, 6.07) is 6.21. The van der Waals surface area contributed by atoms with E-state index in [1.165, 1.54) is 17.4 Å². The van der Waals surface area contributed by atoms with E-state index in [4.69, 9.17) is 0 Å². The summed E-state index contributed by atoms with van der Waals surface area (Å²) in [6.07, 6.45) is 2.22. The van der Waals surface area contributed by atoms with E-state index in [1.54, 1.807) is 4.31 Å². The molecule has 0 N–H and O–H groups in total. The fourth-order valence-electron chi connectivity index (χ4n) is 3.46. The number of hydrogen-bond donors (Lipinski definition) is 0. The van der Waals surface area contributed by atoms with Crippen molar-refractivity contribution in [3.05, 3.63) is 29.3 Å². The molecule has 0 aliphatic carbocycles. The van der Waals surface area contributed by atoms with Crippen molar-refractivity contribution >= 4 is 15.7 Å². The zero-order chi connectivity index (χ0) is 13.8. The van der Waals surface area contributed by atoms with Gasteiger partial charge in [-0.2, -0.15) is 0 Å². The van der Waals surface area contributed by atoms with Crippen LogP contribution < -0.4 is 4.31 Å². The third-order valence-corrected chi connectivity index (χ3v) is 5.44. The number of aryl methyl sites for hydroxylation is 1. The maximum Gasteiger partial charge on any atom is 0.232 e. The summed E-state index contributed by atoms with van der Waals surface area (Å²) in [6.45, 7) is 3.96. The average Bonchev–Trinajstić information content (AvgIpc) is 2.62. The van der Waals surface area contributed by atoms with Gasteiger partial charge in [0.1, 0.15) is 0 Å². The van der Waals surface area contributed by atoms with Crippen LogP contribution >= 0.6 is 0 Å². The molecule has 0 bridgehead atoms. The summed E-state index contributed by atoms with van der Waals surface area (Å²) in [5.41, 5.74) is 3.28. The molecule has 5 heteroatoms. The summed E-state index contributed by atoms with van der Waals surface area (Å²) in [5.74, 6) is 0.309. The van der Waals surface area contributed by atoms with E-state index in [2.05, 4.69) is 24.9 Å². The minimum absolute atomic E-state index is 0.1000.